The van der Waals surface area contributed by atoms with Crippen LogP contribution in [0.3, 0.4) is 0 Å². The molecule has 2 aromatic heterocycles. The molecule has 6 atom stereocenters. The van der Waals surface area contributed by atoms with Crippen LogP contribution >= 0.6 is 7.82 Å². The number of anilines is 1. The molecule has 0 aliphatic carbocycles. The third kappa shape index (κ3) is 14.9. The van der Waals surface area contributed by atoms with Crippen LogP contribution in [0.5, 0.6) is 0 Å². The Labute approximate surface area is 342 Å². The molecule has 14 nitrogen and oxygen atoms in total. The molecule has 324 valence electrons. The number of nitrogen functional groups attached to an aromatic ring is 1. The van der Waals surface area contributed by atoms with Crippen molar-refractivity contribution in [3.63, 3.8) is 0 Å². The van der Waals surface area contributed by atoms with E-state index in [4.69, 9.17) is 29.0 Å². The lowest BCUT2D eigenvalue weighted by atomic mass is 9.97. The summed E-state index contributed by atoms with van der Waals surface area (Å²) in [4.78, 5) is 14.7. The number of aromatic nitrogens is 3. The van der Waals surface area contributed by atoms with E-state index in [2.05, 4.69) is 17.0 Å². The summed E-state index contributed by atoms with van der Waals surface area (Å²) in [6.45, 7) is 4.54. The fourth-order valence-corrected chi connectivity index (χ4v) is 8.12. The van der Waals surface area contributed by atoms with E-state index in [1.165, 1.54) is 113 Å². The lowest BCUT2D eigenvalue weighted by molar-refractivity contribution is -0.123. The van der Waals surface area contributed by atoms with Crippen LogP contribution < -0.4 is 5.73 Å². The zero-order valence-electron chi connectivity index (χ0n) is 34.5. The molecule has 16 heteroatoms. The Morgan fingerprint density at radius 2 is 1.59 bits per heavy atom. The number of phosphoric acid groups is 1. The highest BCUT2D eigenvalue weighted by molar-refractivity contribution is 7.47. The molecule has 1 unspecified atom stereocenters. The summed E-state index contributed by atoms with van der Waals surface area (Å²) in [5, 5.41) is 35.3. The van der Waals surface area contributed by atoms with Crippen LogP contribution in [-0.4, -0.2) is 79.5 Å². The minimum absolute atomic E-state index is 0.0150. The Morgan fingerprint density at radius 1 is 0.966 bits per heavy atom. The number of hydrogen-bond donors (Lipinski definition) is 4. The van der Waals surface area contributed by atoms with E-state index >= 15 is 0 Å². The summed E-state index contributed by atoms with van der Waals surface area (Å²) >= 11 is 0. The van der Waals surface area contributed by atoms with Crippen LogP contribution in [0.4, 0.5) is 10.2 Å². The van der Waals surface area contributed by atoms with E-state index in [1.54, 1.807) is 19.1 Å². The zero-order valence-corrected chi connectivity index (χ0v) is 35.4. The van der Waals surface area contributed by atoms with Crippen molar-refractivity contribution in [2.24, 2.45) is 0 Å². The zero-order chi connectivity index (χ0) is 42.0. The third-order valence-corrected chi connectivity index (χ3v) is 11.6. The van der Waals surface area contributed by atoms with Crippen LogP contribution in [0, 0.1) is 17.1 Å². The first-order valence-electron chi connectivity index (χ1n) is 20.9. The predicted octanol–water partition coefficient (Wildman–Crippen LogP) is 8.26. The molecule has 58 heavy (non-hydrogen) atoms. The van der Waals surface area contributed by atoms with Crippen molar-refractivity contribution < 1.29 is 47.3 Å². The molecule has 0 amide bonds. The van der Waals surface area contributed by atoms with E-state index < -0.39 is 56.4 Å². The number of phosphoric ester groups is 1. The molecule has 0 radical (unpaired) electrons. The van der Waals surface area contributed by atoms with Gasteiger partial charge in [0.15, 0.2) is 5.82 Å². The number of aliphatic hydroxyl groups excluding tert-OH is 2. The fraction of sp³-hybridized carbons (Fsp3) is 0.690. The van der Waals surface area contributed by atoms with Gasteiger partial charge in [-0.05, 0) is 56.2 Å². The van der Waals surface area contributed by atoms with Gasteiger partial charge in [0.25, 0.3) is 0 Å². The number of nitrogens with zero attached hydrogens (tertiary/aromatic N) is 4. The number of halogens is 1. The summed E-state index contributed by atoms with van der Waals surface area (Å²) in [6, 6.07) is 9.05. The second-order valence-corrected chi connectivity index (χ2v) is 17.5. The standard InChI is InChI=1S/C42H65FN5O9P/c1-4-5-6-7-8-9-10-11-12-13-14-15-16-17-18-19-22-53-28-41(2,54-27-33-23-32(26-44)24-34(43)25-33)29-55-58(51,52)56-30-42(3)39(50)37(49)38(57-42)35-20-21-36-40(45)46-31-47-48(35)36/h20-21,23-25,31,37-39,49-50H,4-19,22,27-30H2,1-3H3,(H,51,52)(H2,45,46,47)/t37-,38-,39-,41+,42+/m0/s1. The van der Waals surface area contributed by atoms with Gasteiger partial charge in [-0.15, -0.1) is 0 Å². The topological polar surface area (TPSA) is 204 Å². The van der Waals surface area contributed by atoms with Gasteiger partial charge in [-0.1, -0.05) is 103 Å². The molecule has 1 aliphatic heterocycles. The van der Waals surface area contributed by atoms with Gasteiger partial charge in [-0.2, -0.15) is 10.4 Å². The maximum atomic E-state index is 14.2. The van der Waals surface area contributed by atoms with Gasteiger partial charge in [0.1, 0.15) is 47.2 Å². The first kappa shape index (κ1) is 47.6. The van der Waals surface area contributed by atoms with Crippen molar-refractivity contribution in [3.05, 3.63) is 59.3 Å². The van der Waals surface area contributed by atoms with E-state index in [0.717, 1.165) is 25.3 Å². The molecule has 5 N–H and O–H groups in total. The van der Waals surface area contributed by atoms with Crippen molar-refractivity contribution in [1.82, 2.24) is 14.6 Å². The summed E-state index contributed by atoms with van der Waals surface area (Å²) in [5.41, 5.74) is 4.40. The smallest absolute Gasteiger partial charge is 0.387 e. The summed E-state index contributed by atoms with van der Waals surface area (Å²) in [6.07, 6.45) is 17.4. The normalized spacial score (nSPS) is 21.6. The van der Waals surface area contributed by atoms with Gasteiger partial charge in [0.05, 0.1) is 43.8 Å². The number of aliphatic hydroxyl groups is 2. The minimum Gasteiger partial charge on any atom is -0.387 e. The molecule has 1 saturated heterocycles. The first-order valence-corrected chi connectivity index (χ1v) is 22.4. The van der Waals surface area contributed by atoms with E-state index in [1.807, 2.05) is 6.07 Å². The molecule has 4 rings (SSSR count). The summed E-state index contributed by atoms with van der Waals surface area (Å²) in [7, 11) is -4.80. The highest BCUT2D eigenvalue weighted by Gasteiger charge is 2.53. The van der Waals surface area contributed by atoms with Gasteiger partial charge in [-0.25, -0.2) is 18.5 Å². The highest BCUT2D eigenvalue weighted by Crippen LogP contribution is 2.48. The molecule has 3 heterocycles. The fourth-order valence-electron chi connectivity index (χ4n) is 7.19. The van der Waals surface area contributed by atoms with Crippen LogP contribution in [-0.2, 0) is 34.4 Å². The number of rotatable bonds is 29. The van der Waals surface area contributed by atoms with Crippen molar-refractivity contribution in [2.45, 2.75) is 160 Å². The molecule has 0 bridgehead atoms. The van der Waals surface area contributed by atoms with Gasteiger partial charge >= 0.3 is 7.82 Å². The lowest BCUT2D eigenvalue weighted by Gasteiger charge is -2.31. The Bertz CT molecular complexity index is 1780. The molecule has 1 fully saturated rings. The number of benzene rings is 1. The minimum atomic E-state index is -4.80. The van der Waals surface area contributed by atoms with Crippen LogP contribution in [0.1, 0.15) is 146 Å². The van der Waals surface area contributed by atoms with Crippen LogP contribution in [0.15, 0.2) is 36.7 Å². The van der Waals surface area contributed by atoms with E-state index in [0.29, 0.717) is 23.4 Å². The van der Waals surface area contributed by atoms with Crippen molar-refractivity contribution in [1.29, 1.82) is 5.26 Å². The first-order chi connectivity index (χ1) is 27.8. The Kier molecular flexibility index (Phi) is 19.5. The van der Waals surface area contributed by atoms with Crippen molar-refractivity contribution in [2.75, 3.05) is 32.2 Å². The summed E-state index contributed by atoms with van der Waals surface area (Å²) < 4.78 is 57.6. The maximum absolute atomic E-state index is 14.2. The number of nitriles is 1. The average molecular weight is 834 g/mol. The van der Waals surface area contributed by atoms with Crippen LogP contribution in [0.25, 0.3) is 5.52 Å². The second kappa shape index (κ2) is 23.7. The van der Waals surface area contributed by atoms with Crippen molar-refractivity contribution >= 4 is 19.2 Å². The molecular weight excluding hydrogens is 768 g/mol. The SMILES string of the molecule is CCCCCCCCCCCCCCCCCCOC[C@](C)(COP(=O)(O)OC[C@@]1(C)O[C@@H](c2ccc3c(N)ncnn23)[C@H](O)[C@@H]1O)OCc1cc(F)cc(C#N)c1. The van der Waals surface area contributed by atoms with Gasteiger partial charge in [0.2, 0.25) is 0 Å². The Hall–Kier alpha value is -3.03. The van der Waals surface area contributed by atoms with Gasteiger partial charge in [-0.3, -0.25) is 9.05 Å². The Morgan fingerprint density at radius 3 is 2.21 bits per heavy atom. The van der Waals surface area contributed by atoms with Gasteiger partial charge < -0.3 is 35.1 Å². The molecule has 1 aromatic carbocycles. The number of nitrogens with two attached hydrogens (primary N) is 1. The van der Waals surface area contributed by atoms with E-state index in [-0.39, 0.29) is 24.6 Å². The number of hydrogen-bond acceptors (Lipinski definition) is 12. The average Bonchev–Trinajstić information content (AvgIpc) is 3.73. The quantitative estimate of drug-likeness (QED) is 0.0385. The molecule has 0 spiro atoms. The Balaban J connectivity index is 1.22. The van der Waals surface area contributed by atoms with E-state index in [9.17, 15) is 29.3 Å². The molecular formula is C42H65FN5O9P. The van der Waals surface area contributed by atoms with Crippen LogP contribution in [0.2, 0.25) is 0 Å². The number of unbranched alkanes of at least 4 members (excludes halogenated alkanes) is 15. The highest BCUT2D eigenvalue weighted by atomic mass is 31.2. The molecule has 0 saturated carbocycles. The molecule has 3 aromatic rings. The number of ether oxygens (including phenoxy) is 3. The van der Waals surface area contributed by atoms with Crippen molar-refractivity contribution in [3.8, 4) is 6.07 Å². The maximum Gasteiger partial charge on any atom is 0.472 e. The predicted molar refractivity (Wildman–Crippen MR) is 218 cm³/mol. The van der Waals surface area contributed by atoms with Gasteiger partial charge in [0, 0.05) is 6.61 Å². The third-order valence-electron chi connectivity index (χ3n) is 10.7. The largest absolute Gasteiger partial charge is 0.472 e. The monoisotopic (exact) mass is 833 g/mol. The summed E-state index contributed by atoms with van der Waals surface area (Å²) in [5.74, 6) is -0.383. The molecule has 1 aliphatic rings. The second-order valence-electron chi connectivity index (χ2n) is 16.1. The lowest BCUT2D eigenvalue weighted by Crippen LogP contribution is -2.44. The number of fused-ring (bicyclic) bond motifs is 1.